The zero-order valence-electron chi connectivity index (χ0n) is 12.9. The molecule has 23 heavy (non-hydrogen) atoms. The molecule has 1 unspecified atom stereocenters. The third-order valence-corrected chi connectivity index (χ3v) is 4.07. The van der Waals surface area contributed by atoms with Gasteiger partial charge in [-0.05, 0) is 43.9 Å². The highest BCUT2D eigenvalue weighted by molar-refractivity contribution is 6.42. The minimum atomic E-state index is -0.306. The van der Waals surface area contributed by atoms with Crippen LogP contribution in [0.25, 0.3) is 0 Å². The number of benzene rings is 1. The van der Waals surface area contributed by atoms with Crippen LogP contribution >= 0.6 is 23.2 Å². The summed E-state index contributed by atoms with van der Waals surface area (Å²) >= 11 is 11.8. The first kappa shape index (κ1) is 17.5. The highest BCUT2D eigenvalue weighted by Crippen LogP contribution is 2.25. The summed E-state index contributed by atoms with van der Waals surface area (Å²) in [5.41, 5.74) is 1.62. The number of nitrogens with zero attached hydrogens (tertiary/aromatic N) is 2. The van der Waals surface area contributed by atoms with Crippen molar-refractivity contribution in [3.63, 3.8) is 0 Å². The van der Waals surface area contributed by atoms with E-state index in [1.54, 1.807) is 30.6 Å². The molecule has 0 spiro atoms. The second-order valence-corrected chi connectivity index (χ2v) is 6.04. The number of urea groups is 1. The van der Waals surface area contributed by atoms with Crippen LogP contribution in [0.4, 0.5) is 10.5 Å². The molecule has 0 saturated heterocycles. The zero-order valence-corrected chi connectivity index (χ0v) is 14.4. The summed E-state index contributed by atoms with van der Waals surface area (Å²) < 4.78 is 0. The molecular weight excluding hydrogens is 335 g/mol. The minimum absolute atomic E-state index is 0.0308. The molecule has 122 valence electrons. The van der Waals surface area contributed by atoms with Crippen LogP contribution in [0.3, 0.4) is 0 Å². The number of rotatable bonds is 5. The van der Waals surface area contributed by atoms with Crippen molar-refractivity contribution in [1.29, 1.82) is 0 Å². The number of carbonyl (C=O) groups is 1. The maximum absolute atomic E-state index is 12.0. The second-order valence-electron chi connectivity index (χ2n) is 5.23. The molecule has 1 aromatic heterocycles. The van der Waals surface area contributed by atoms with Crippen LogP contribution < -0.4 is 10.6 Å². The number of carbonyl (C=O) groups excluding carboxylic acids is 1. The van der Waals surface area contributed by atoms with Gasteiger partial charge in [0.05, 0.1) is 16.1 Å². The Kier molecular flexibility index (Phi) is 6.21. The Morgan fingerprint density at radius 3 is 2.65 bits per heavy atom. The normalized spacial score (nSPS) is 12.0. The largest absolute Gasteiger partial charge is 0.336 e. The topological polar surface area (TPSA) is 57.3 Å². The van der Waals surface area contributed by atoms with Gasteiger partial charge in [-0.15, -0.1) is 0 Å². The molecule has 1 atom stereocenters. The van der Waals surface area contributed by atoms with E-state index < -0.39 is 0 Å². The van der Waals surface area contributed by atoms with Gasteiger partial charge in [-0.25, -0.2) is 4.79 Å². The summed E-state index contributed by atoms with van der Waals surface area (Å²) in [6.45, 7) is 0.450. The summed E-state index contributed by atoms with van der Waals surface area (Å²) in [4.78, 5) is 18.2. The second kappa shape index (κ2) is 8.15. The van der Waals surface area contributed by atoms with E-state index >= 15 is 0 Å². The monoisotopic (exact) mass is 352 g/mol. The molecule has 0 fully saturated rings. The Balaban J connectivity index is 1.95. The molecule has 1 aromatic carbocycles. The van der Waals surface area contributed by atoms with Gasteiger partial charge in [-0.3, -0.25) is 4.98 Å². The van der Waals surface area contributed by atoms with Crippen LogP contribution in [0.2, 0.25) is 10.0 Å². The van der Waals surface area contributed by atoms with Gasteiger partial charge in [0, 0.05) is 24.6 Å². The smallest absolute Gasteiger partial charge is 0.319 e. The van der Waals surface area contributed by atoms with E-state index in [1.807, 2.05) is 31.1 Å². The van der Waals surface area contributed by atoms with Crippen molar-refractivity contribution in [2.45, 2.75) is 6.04 Å². The van der Waals surface area contributed by atoms with E-state index in [-0.39, 0.29) is 12.1 Å². The van der Waals surface area contributed by atoms with Gasteiger partial charge < -0.3 is 15.5 Å². The molecule has 0 bridgehead atoms. The van der Waals surface area contributed by atoms with Crippen LogP contribution in [0.1, 0.15) is 11.6 Å². The van der Waals surface area contributed by atoms with Crippen LogP contribution in [0, 0.1) is 0 Å². The molecule has 0 aliphatic carbocycles. The molecule has 0 saturated carbocycles. The number of halogens is 2. The maximum atomic E-state index is 12.0. The number of amides is 2. The Labute approximate surface area is 145 Å². The summed E-state index contributed by atoms with van der Waals surface area (Å²) in [7, 11) is 3.91. The van der Waals surface area contributed by atoms with E-state index in [1.165, 1.54) is 0 Å². The van der Waals surface area contributed by atoms with Crippen molar-refractivity contribution in [2.75, 3.05) is 26.0 Å². The number of nitrogens with one attached hydrogen (secondary N) is 2. The standard InChI is InChI=1S/C16H18Cl2N4O/c1-22(2)15(11-4-3-7-19-9-11)10-20-16(23)21-12-5-6-13(17)14(18)8-12/h3-9,15H,10H2,1-2H3,(H2,20,21,23). The first-order valence-corrected chi connectivity index (χ1v) is 7.79. The van der Waals surface area contributed by atoms with Crippen LogP contribution in [0.15, 0.2) is 42.7 Å². The van der Waals surface area contributed by atoms with Crippen molar-refractivity contribution in [3.8, 4) is 0 Å². The van der Waals surface area contributed by atoms with Gasteiger partial charge in [0.1, 0.15) is 0 Å². The van der Waals surface area contributed by atoms with E-state index in [0.29, 0.717) is 22.3 Å². The number of pyridine rings is 1. The van der Waals surface area contributed by atoms with Gasteiger partial charge >= 0.3 is 6.03 Å². The van der Waals surface area contributed by atoms with E-state index in [2.05, 4.69) is 15.6 Å². The van der Waals surface area contributed by atoms with E-state index in [0.717, 1.165) is 5.56 Å². The summed E-state index contributed by atoms with van der Waals surface area (Å²) in [6, 6.07) is 8.52. The molecule has 0 radical (unpaired) electrons. The number of likely N-dealkylation sites (N-methyl/N-ethyl adjacent to an activating group) is 1. The average molecular weight is 353 g/mol. The van der Waals surface area contributed by atoms with Crippen molar-refractivity contribution in [1.82, 2.24) is 15.2 Å². The first-order valence-electron chi connectivity index (χ1n) is 7.03. The first-order chi connectivity index (χ1) is 11.0. The maximum Gasteiger partial charge on any atom is 0.319 e. The lowest BCUT2D eigenvalue weighted by molar-refractivity contribution is 0.243. The predicted molar refractivity (Wildman–Crippen MR) is 94.1 cm³/mol. The number of anilines is 1. The molecule has 0 aliphatic rings. The quantitative estimate of drug-likeness (QED) is 0.859. The fraction of sp³-hybridized carbons (Fsp3) is 0.250. The highest BCUT2D eigenvalue weighted by atomic mass is 35.5. The van der Waals surface area contributed by atoms with Gasteiger partial charge in [-0.2, -0.15) is 0 Å². The summed E-state index contributed by atoms with van der Waals surface area (Å²) in [5.74, 6) is 0. The molecule has 2 aromatic rings. The number of hydrogen-bond acceptors (Lipinski definition) is 3. The molecule has 5 nitrogen and oxygen atoms in total. The number of hydrogen-bond donors (Lipinski definition) is 2. The van der Waals surface area contributed by atoms with Crippen molar-refractivity contribution in [2.24, 2.45) is 0 Å². The molecule has 2 rings (SSSR count). The Hall–Kier alpha value is -1.82. The fourth-order valence-electron chi connectivity index (χ4n) is 2.11. The molecule has 2 N–H and O–H groups in total. The lowest BCUT2D eigenvalue weighted by Crippen LogP contribution is -2.36. The molecular formula is C16H18Cl2N4O. The fourth-order valence-corrected chi connectivity index (χ4v) is 2.41. The molecule has 2 amide bonds. The van der Waals surface area contributed by atoms with Crippen LogP contribution in [-0.4, -0.2) is 36.6 Å². The predicted octanol–water partition coefficient (Wildman–Crippen LogP) is 3.81. The minimum Gasteiger partial charge on any atom is -0.336 e. The van der Waals surface area contributed by atoms with Gasteiger partial charge in [0.2, 0.25) is 0 Å². The van der Waals surface area contributed by atoms with E-state index in [9.17, 15) is 4.79 Å². The molecule has 1 heterocycles. The van der Waals surface area contributed by atoms with Crippen LogP contribution in [-0.2, 0) is 0 Å². The van der Waals surface area contributed by atoms with Gasteiger partial charge in [0.25, 0.3) is 0 Å². The van der Waals surface area contributed by atoms with Gasteiger partial charge in [-0.1, -0.05) is 29.3 Å². The van der Waals surface area contributed by atoms with Gasteiger partial charge in [0.15, 0.2) is 0 Å². The summed E-state index contributed by atoms with van der Waals surface area (Å²) in [6.07, 6.45) is 3.52. The Morgan fingerprint density at radius 2 is 2.04 bits per heavy atom. The molecule has 7 heteroatoms. The SMILES string of the molecule is CN(C)C(CNC(=O)Nc1ccc(Cl)c(Cl)c1)c1cccnc1. The van der Waals surface area contributed by atoms with E-state index in [4.69, 9.17) is 23.2 Å². The van der Waals surface area contributed by atoms with Crippen molar-refractivity contribution in [3.05, 3.63) is 58.3 Å². The Morgan fingerprint density at radius 1 is 1.26 bits per heavy atom. The lowest BCUT2D eigenvalue weighted by atomic mass is 10.1. The zero-order chi connectivity index (χ0) is 16.8. The third kappa shape index (κ3) is 5.10. The number of aromatic nitrogens is 1. The Bertz CT molecular complexity index is 664. The third-order valence-electron chi connectivity index (χ3n) is 3.33. The van der Waals surface area contributed by atoms with Crippen molar-refractivity contribution < 1.29 is 4.79 Å². The lowest BCUT2D eigenvalue weighted by Gasteiger charge is -2.24. The molecule has 0 aliphatic heterocycles. The van der Waals surface area contributed by atoms with Crippen LogP contribution in [0.5, 0.6) is 0 Å². The highest BCUT2D eigenvalue weighted by Gasteiger charge is 2.15. The average Bonchev–Trinajstić information content (AvgIpc) is 2.52. The summed E-state index contributed by atoms with van der Waals surface area (Å²) in [5, 5.41) is 6.42. The van der Waals surface area contributed by atoms with Crippen molar-refractivity contribution >= 4 is 34.9 Å².